The van der Waals surface area contributed by atoms with Gasteiger partial charge in [-0.1, -0.05) is 11.6 Å². The zero-order valence-electron chi connectivity index (χ0n) is 16.8. The van der Waals surface area contributed by atoms with Gasteiger partial charge >= 0.3 is 5.97 Å². The molecular weight excluding hydrogens is 425 g/mol. The van der Waals surface area contributed by atoms with E-state index in [0.717, 1.165) is 0 Å². The van der Waals surface area contributed by atoms with Crippen molar-refractivity contribution in [2.45, 2.75) is 13.0 Å². The van der Waals surface area contributed by atoms with Gasteiger partial charge in [0, 0.05) is 30.2 Å². The fraction of sp³-hybridized carbons (Fsp3) is 0.286. The van der Waals surface area contributed by atoms with Gasteiger partial charge in [0.05, 0.1) is 22.8 Å². The van der Waals surface area contributed by atoms with Gasteiger partial charge < -0.3 is 20.5 Å². The van der Waals surface area contributed by atoms with Gasteiger partial charge in [-0.3, -0.25) is 9.69 Å². The van der Waals surface area contributed by atoms with Crippen molar-refractivity contribution in [3.63, 3.8) is 0 Å². The minimum atomic E-state index is -0.498. The first kappa shape index (κ1) is 21.1. The SMILES string of the molecule is CC1CN(CCOc2cc3ncnc(Nc4ccc(F)c(Cl)c4)c3cc2N)CC(=O)O1. The van der Waals surface area contributed by atoms with Gasteiger partial charge in [-0.25, -0.2) is 14.4 Å². The molecule has 0 amide bonds. The Labute approximate surface area is 183 Å². The van der Waals surface area contributed by atoms with Gasteiger partial charge in [0.15, 0.2) is 0 Å². The fourth-order valence-corrected chi connectivity index (χ4v) is 3.58. The highest BCUT2D eigenvalue weighted by atomic mass is 35.5. The molecule has 1 unspecified atom stereocenters. The smallest absolute Gasteiger partial charge is 0.320 e. The number of fused-ring (bicyclic) bond motifs is 1. The average molecular weight is 446 g/mol. The second kappa shape index (κ2) is 8.91. The maximum atomic E-state index is 13.4. The van der Waals surface area contributed by atoms with Crippen LogP contribution < -0.4 is 15.8 Å². The lowest BCUT2D eigenvalue weighted by molar-refractivity contribution is -0.157. The molecule has 0 saturated carbocycles. The van der Waals surface area contributed by atoms with Crippen molar-refractivity contribution in [3.8, 4) is 5.75 Å². The number of rotatable bonds is 6. The highest BCUT2D eigenvalue weighted by Crippen LogP contribution is 2.32. The van der Waals surface area contributed by atoms with Crippen LogP contribution in [0.1, 0.15) is 6.92 Å². The molecule has 31 heavy (non-hydrogen) atoms. The number of carbonyl (C=O) groups excluding carboxylic acids is 1. The Morgan fingerprint density at radius 2 is 2.19 bits per heavy atom. The maximum absolute atomic E-state index is 13.4. The van der Waals surface area contributed by atoms with Gasteiger partial charge in [-0.2, -0.15) is 0 Å². The molecule has 0 aliphatic carbocycles. The molecule has 1 aromatic heterocycles. The summed E-state index contributed by atoms with van der Waals surface area (Å²) in [6, 6.07) is 7.77. The first-order valence-electron chi connectivity index (χ1n) is 9.70. The predicted octanol–water partition coefficient (Wildman–Crippen LogP) is 3.37. The first-order chi connectivity index (χ1) is 14.9. The van der Waals surface area contributed by atoms with Crippen molar-refractivity contribution < 1.29 is 18.7 Å². The Kier molecular flexibility index (Phi) is 6.06. The van der Waals surface area contributed by atoms with Gasteiger partial charge in [-0.05, 0) is 31.2 Å². The summed E-state index contributed by atoms with van der Waals surface area (Å²) in [7, 11) is 0. The molecule has 1 fully saturated rings. The molecule has 1 atom stereocenters. The molecule has 1 aliphatic heterocycles. The number of carbonyl (C=O) groups is 1. The van der Waals surface area contributed by atoms with Crippen molar-refractivity contribution in [1.82, 2.24) is 14.9 Å². The number of ether oxygens (including phenoxy) is 2. The van der Waals surface area contributed by atoms with Crippen molar-refractivity contribution in [2.75, 3.05) is 37.3 Å². The number of cyclic esters (lactones) is 1. The topological polar surface area (TPSA) is 103 Å². The molecule has 3 N–H and O–H groups in total. The molecule has 2 heterocycles. The van der Waals surface area contributed by atoms with Crippen molar-refractivity contribution in [3.05, 3.63) is 47.5 Å². The zero-order valence-corrected chi connectivity index (χ0v) is 17.5. The van der Waals surface area contributed by atoms with Crippen LogP contribution in [0.4, 0.5) is 21.6 Å². The quantitative estimate of drug-likeness (QED) is 0.439. The minimum Gasteiger partial charge on any atom is -0.490 e. The van der Waals surface area contributed by atoms with E-state index in [9.17, 15) is 9.18 Å². The van der Waals surface area contributed by atoms with Crippen molar-refractivity contribution in [1.29, 1.82) is 0 Å². The molecule has 0 spiro atoms. The van der Waals surface area contributed by atoms with Crippen molar-refractivity contribution in [2.24, 2.45) is 0 Å². The molecule has 8 nitrogen and oxygen atoms in total. The summed E-state index contributed by atoms with van der Waals surface area (Å²) in [6.45, 7) is 3.70. The highest BCUT2D eigenvalue weighted by molar-refractivity contribution is 6.31. The number of nitrogens with one attached hydrogen (secondary N) is 1. The van der Waals surface area contributed by atoms with Crippen LogP contribution in [0.3, 0.4) is 0 Å². The number of aromatic nitrogens is 2. The van der Waals surface area contributed by atoms with Crippen LogP contribution in [-0.2, 0) is 9.53 Å². The number of nitrogen functional groups attached to an aromatic ring is 1. The van der Waals surface area contributed by atoms with Crippen LogP contribution in [0.25, 0.3) is 10.9 Å². The maximum Gasteiger partial charge on any atom is 0.320 e. The third-order valence-corrected chi connectivity index (χ3v) is 5.10. The number of morpholine rings is 1. The van der Waals surface area contributed by atoms with Crippen LogP contribution >= 0.6 is 11.6 Å². The van der Waals surface area contributed by atoms with E-state index in [1.165, 1.54) is 18.5 Å². The van der Waals surface area contributed by atoms with E-state index in [0.29, 0.717) is 53.5 Å². The van der Waals surface area contributed by atoms with Crippen LogP contribution in [0.5, 0.6) is 5.75 Å². The summed E-state index contributed by atoms with van der Waals surface area (Å²) in [4.78, 5) is 22.1. The molecule has 0 bridgehead atoms. The first-order valence-corrected chi connectivity index (χ1v) is 10.1. The number of esters is 1. The number of nitrogens with two attached hydrogens (primary N) is 1. The molecule has 3 aromatic rings. The Hall–Kier alpha value is -3.17. The van der Waals surface area contributed by atoms with Crippen LogP contribution in [0, 0.1) is 5.82 Å². The fourth-order valence-electron chi connectivity index (χ4n) is 3.40. The third kappa shape index (κ3) is 4.95. The number of hydrogen-bond donors (Lipinski definition) is 2. The normalized spacial score (nSPS) is 16.9. The summed E-state index contributed by atoms with van der Waals surface area (Å²) in [5.74, 6) is 0.270. The number of nitrogens with zero attached hydrogens (tertiary/aromatic N) is 3. The molecule has 2 aromatic carbocycles. The zero-order chi connectivity index (χ0) is 22.0. The van der Waals surface area contributed by atoms with Gasteiger partial charge in [-0.15, -0.1) is 0 Å². The summed E-state index contributed by atoms with van der Waals surface area (Å²) in [5.41, 5.74) is 7.83. The second-order valence-corrected chi connectivity index (χ2v) is 7.67. The molecular formula is C21H21ClFN5O3. The molecule has 4 rings (SSSR count). The average Bonchev–Trinajstić information content (AvgIpc) is 2.71. The standard InChI is InChI=1S/C21H21ClFN5O3/c1-12-9-28(10-20(29)31-12)4-5-30-19-8-18-14(7-17(19)24)21(26-11-25-18)27-13-2-3-16(23)15(22)6-13/h2-3,6-8,11-12H,4-5,9-10,24H2,1H3,(H,25,26,27). The number of halogens is 2. The molecule has 1 saturated heterocycles. The Morgan fingerprint density at radius 3 is 2.97 bits per heavy atom. The Bertz CT molecular complexity index is 1130. The summed E-state index contributed by atoms with van der Waals surface area (Å²) in [6.07, 6.45) is 1.28. The summed E-state index contributed by atoms with van der Waals surface area (Å²) < 4.78 is 24.4. The van der Waals surface area contributed by atoms with Gasteiger partial charge in [0.1, 0.15) is 36.4 Å². The van der Waals surface area contributed by atoms with E-state index >= 15 is 0 Å². The molecule has 10 heteroatoms. The van der Waals surface area contributed by atoms with E-state index in [1.807, 2.05) is 11.8 Å². The van der Waals surface area contributed by atoms with Crippen LogP contribution in [-0.4, -0.2) is 53.2 Å². The van der Waals surface area contributed by atoms with Crippen molar-refractivity contribution >= 4 is 45.7 Å². The highest BCUT2D eigenvalue weighted by Gasteiger charge is 2.23. The van der Waals surface area contributed by atoms with E-state index < -0.39 is 5.82 Å². The predicted molar refractivity (Wildman–Crippen MR) is 116 cm³/mol. The molecule has 162 valence electrons. The van der Waals surface area contributed by atoms with E-state index in [-0.39, 0.29) is 23.6 Å². The molecule has 1 aliphatic rings. The lowest BCUT2D eigenvalue weighted by Gasteiger charge is -2.29. The van der Waals surface area contributed by atoms with Crippen LogP contribution in [0.15, 0.2) is 36.7 Å². The third-order valence-electron chi connectivity index (χ3n) is 4.81. The minimum absolute atomic E-state index is 0.00919. The number of benzene rings is 2. The lowest BCUT2D eigenvalue weighted by Crippen LogP contribution is -2.45. The Balaban J connectivity index is 1.48. The lowest BCUT2D eigenvalue weighted by atomic mass is 10.2. The van der Waals surface area contributed by atoms with Crippen LogP contribution in [0.2, 0.25) is 5.02 Å². The largest absolute Gasteiger partial charge is 0.490 e. The van der Waals surface area contributed by atoms with Gasteiger partial charge in [0.25, 0.3) is 0 Å². The monoisotopic (exact) mass is 445 g/mol. The Morgan fingerprint density at radius 1 is 1.35 bits per heavy atom. The van der Waals surface area contributed by atoms with E-state index in [2.05, 4.69) is 15.3 Å². The number of hydrogen-bond acceptors (Lipinski definition) is 8. The second-order valence-electron chi connectivity index (χ2n) is 7.27. The van der Waals surface area contributed by atoms with Gasteiger partial charge in [0.2, 0.25) is 0 Å². The van der Waals surface area contributed by atoms with E-state index in [1.54, 1.807) is 18.2 Å². The summed E-state index contributed by atoms with van der Waals surface area (Å²) >= 11 is 5.85. The molecule has 0 radical (unpaired) electrons. The number of anilines is 3. The summed E-state index contributed by atoms with van der Waals surface area (Å²) in [5, 5.41) is 3.80. The van der Waals surface area contributed by atoms with E-state index in [4.69, 9.17) is 26.8 Å².